The number of rotatable bonds is 5. The van der Waals surface area contributed by atoms with E-state index in [0.29, 0.717) is 11.3 Å². The van der Waals surface area contributed by atoms with Crippen LogP contribution in [0.3, 0.4) is 0 Å². The van der Waals surface area contributed by atoms with Crippen molar-refractivity contribution in [1.82, 2.24) is 0 Å². The van der Waals surface area contributed by atoms with Crippen LogP contribution in [0.5, 0.6) is 5.75 Å². The molecule has 3 rings (SSSR count). The van der Waals surface area contributed by atoms with Crippen LogP contribution in [-0.4, -0.2) is 20.2 Å². The highest BCUT2D eigenvalue weighted by atomic mass is 16.5. The van der Waals surface area contributed by atoms with Crippen molar-refractivity contribution in [2.24, 2.45) is 0 Å². The third kappa shape index (κ3) is 3.25. The topological polar surface area (TPSA) is 35.5 Å². The van der Waals surface area contributed by atoms with E-state index >= 15 is 0 Å². The highest BCUT2D eigenvalue weighted by molar-refractivity contribution is 5.94. The third-order valence-electron chi connectivity index (χ3n) is 4.22. The number of methoxy groups -OCH3 is 2. The summed E-state index contributed by atoms with van der Waals surface area (Å²) >= 11 is 0. The minimum atomic E-state index is -0.360. The van der Waals surface area contributed by atoms with Gasteiger partial charge in [0.15, 0.2) is 0 Å². The van der Waals surface area contributed by atoms with E-state index in [4.69, 9.17) is 9.47 Å². The molecular formula is C21H20O3. The van der Waals surface area contributed by atoms with Crippen LogP contribution in [-0.2, 0) is 17.6 Å². The van der Waals surface area contributed by atoms with Gasteiger partial charge in [-0.05, 0) is 40.8 Å². The summed E-state index contributed by atoms with van der Waals surface area (Å²) in [6.45, 7) is 0. The van der Waals surface area contributed by atoms with E-state index in [0.717, 1.165) is 18.4 Å². The van der Waals surface area contributed by atoms with E-state index in [1.54, 1.807) is 13.2 Å². The summed E-state index contributed by atoms with van der Waals surface area (Å²) in [7, 11) is 2.96. The third-order valence-corrected chi connectivity index (χ3v) is 4.22. The molecule has 3 aromatic carbocycles. The molecule has 0 atom stereocenters. The molecule has 122 valence electrons. The number of fused-ring (bicyclic) bond motifs is 1. The van der Waals surface area contributed by atoms with Crippen LogP contribution in [0, 0.1) is 0 Å². The number of carbonyl (C=O) groups excluding carboxylic acids is 1. The first kappa shape index (κ1) is 16.1. The lowest BCUT2D eigenvalue weighted by molar-refractivity contribution is 0.0595. The summed E-state index contributed by atoms with van der Waals surface area (Å²) < 4.78 is 10.2. The average molecular weight is 320 g/mol. The highest BCUT2D eigenvalue weighted by Gasteiger charge is 2.17. The van der Waals surface area contributed by atoms with Gasteiger partial charge in [0.25, 0.3) is 0 Å². The molecule has 0 aliphatic heterocycles. The molecule has 0 bridgehead atoms. The predicted octanol–water partition coefficient (Wildman–Crippen LogP) is 4.42. The Balaban J connectivity index is 1.86. The molecule has 0 amide bonds. The Morgan fingerprint density at radius 3 is 2.42 bits per heavy atom. The van der Waals surface area contributed by atoms with Crippen molar-refractivity contribution in [3.05, 3.63) is 77.4 Å². The first-order chi connectivity index (χ1) is 11.7. The van der Waals surface area contributed by atoms with Crippen LogP contribution < -0.4 is 4.74 Å². The maximum atomic E-state index is 12.1. The minimum Gasteiger partial charge on any atom is -0.496 e. The molecule has 0 fully saturated rings. The summed E-state index contributed by atoms with van der Waals surface area (Å²) in [5.74, 6) is 0.193. The van der Waals surface area contributed by atoms with Gasteiger partial charge < -0.3 is 9.47 Å². The molecule has 0 unspecified atom stereocenters. The fourth-order valence-electron chi connectivity index (χ4n) is 2.96. The van der Waals surface area contributed by atoms with Gasteiger partial charge in [-0.2, -0.15) is 0 Å². The molecular weight excluding hydrogens is 300 g/mol. The second-order valence-corrected chi connectivity index (χ2v) is 5.67. The van der Waals surface area contributed by atoms with Crippen molar-refractivity contribution >= 4 is 16.7 Å². The number of hydrogen-bond acceptors (Lipinski definition) is 3. The molecule has 0 radical (unpaired) electrons. The number of benzene rings is 3. The van der Waals surface area contributed by atoms with E-state index in [-0.39, 0.29) is 5.97 Å². The van der Waals surface area contributed by atoms with Gasteiger partial charge in [-0.15, -0.1) is 0 Å². The first-order valence-corrected chi connectivity index (χ1v) is 7.95. The van der Waals surface area contributed by atoms with Crippen LogP contribution in [0.4, 0.5) is 0 Å². The van der Waals surface area contributed by atoms with Crippen molar-refractivity contribution in [2.75, 3.05) is 14.2 Å². The summed E-state index contributed by atoms with van der Waals surface area (Å²) in [5, 5.41) is 2.46. The quantitative estimate of drug-likeness (QED) is 0.653. The molecule has 0 aliphatic carbocycles. The second kappa shape index (κ2) is 7.18. The number of esters is 1. The Kier molecular flexibility index (Phi) is 4.80. The Labute approximate surface area is 141 Å². The van der Waals surface area contributed by atoms with E-state index in [1.807, 2.05) is 24.3 Å². The summed E-state index contributed by atoms with van der Waals surface area (Å²) in [5.41, 5.74) is 2.70. The first-order valence-electron chi connectivity index (χ1n) is 7.95. The minimum absolute atomic E-state index is 0.360. The fraction of sp³-hybridized carbons (Fsp3) is 0.190. The van der Waals surface area contributed by atoms with E-state index in [2.05, 4.69) is 30.3 Å². The molecule has 3 nitrogen and oxygen atoms in total. The fourth-order valence-corrected chi connectivity index (χ4v) is 2.96. The zero-order valence-corrected chi connectivity index (χ0v) is 13.9. The van der Waals surface area contributed by atoms with Crippen molar-refractivity contribution in [1.29, 1.82) is 0 Å². The van der Waals surface area contributed by atoms with Gasteiger partial charge in [0.05, 0.1) is 14.2 Å². The lowest BCUT2D eigenvalue weighted by atomic mass is 9.97. The van der Waals surface area contributed by atoms with Crippen LogP contribution in [0.15, 0.2) is 60.7 Å². The van der Waals surface area contributed by atoms with Crippen LogP contribution in [0.2, 0.25) is 0 Å². The van der Waals surface area contributed by atoms with E-state index < -0.39 is 0 Å². The van der Waals surface area contributed by atoms with Gasteiger partial charge >= 0.3 is 5.97 Å². The number of aryl methyl sites for hydroxylation is 2. The molecule has 0 saturated heterocycles. The monoisotopic (exact) mass is 320 g/mol. The standard InChI is InChI=1S/C21H20O3/c1-23-19-9-5-8-17(20(19)21(22)24-2)13-11-15-10-12-16-6-3-4-7-18(16)14-15/h3-10,12,14H,11,13H2,1-2H3. The van der Waals surface area contributed by atoms with Gasteiger partial charge in [-0.25, -0.2) is 4.79 Å². The Hall–Kier alpha value is -2.81. The lowest BCUT2D eigenvalue weighted by Gasteiger charge is -2.12. The Morgan fingerprint density at radius 1 is 0.875 bits per heavy atom. The van der Waals surface area contributed by atoms with Gasteiger partial charge in [0, 0.05) is 0 Å². The molecule has 3 aromatic rings. The molecule has 0 N–H and O–H groups in total. The number of carbonyl (C=O) groups is 1. The summed E-state index contributed by atoms with van der Waals surface area (Å²) in [4.78, 5) is 12.1. The maximum Gasteiger partial charge on any atom is 0.341 e. The normalized spacial score (nSPS) is 10.6. The maximum absolute atomic E-state index is 12.1. The predicted molar refractivity (Wildman–Crippen MR) is 95.7 cm³/mol. The molecule has 0 spiro atoms. The van der Waals surface area contributed by atoms with Gasteiger partial charge in [0.2, 0.25) is 0 Å². The zero-order valence-electron chi connectivity index (χ0n) is 13.9. The van der Waals surface area contributed by atoms with E-state index in [9.17, 15) is 4.79 Å². The van der Waals surface area contributed by atoms with Crippen molar-refractivity contribution in [3.63, 3.8) is 0 Å². The van der Waals surface area contributed by atoms with Crippen molar-refractivity contribution < 1.29 is 14.3 Å². The van der Waals surface area contributed by atoms with Crippen molar-refractivity contribution in [3.8, 4) is 5.75 Å². The van der Waals surface area contributed by atoms with Crippen LogP contribution in [0.1, 0.15) is 21.5 Å². The molecule has 24 heavy (non-hydrogen) atoms. The summed E-state index contributed by atoms with van der Waals surface area (Å²) in [6.07, 6.45) is 1.60. The smallest absolute Gasteiger partial charge is 0.341 e. The highest BCUT2D eigenvalue weighted by Crippen LogP contribution is 2.25. The van der Waals surface area contributed by atoms with Gasteiger partial charge in [-0.3, -0.25) is 0 Å². The Bertz CT molecular complexity index is 868. The van der Waals surface area contributed by atoms with Crippen LogP contribution >= 0.6 is 0 Å². The van der Waals surface area contributed by atoms with E-state index in [1.165, 1.54) is 23.4 Å². The van der Waals surface area contributed by atoms with Crippen LogP contribution in [0.25, 0.3) is 10.8 Å². The molecule has 0 heterocycles. The van der Waals surface area contributed by atoms with Gasteiger partial charge in [-0.1, -0.05) is 54.6 Å². The average Bonchev–Trinajstić information content (AvgIpc) is 2.65. The molecule has 0 saturated carbocycles. The molecule has 0 aromatic heterocycles. The molecule has 3 heteroatoms. The Morgan fingerprint density at radius 2 is 1.67 bits per heavy atom. The largest absolute Gasteiger partial charge is 0.496 e. The summed E-state index contributed by atoms with van der Waals surface area (Å²) in [6, 6.07) is 20.4. The molecule has 0 aliphatic rings. The van der Waals surface area contributed by atoms with Gasteiger partial charge in [0.1, 0.15) is 11.3 Å². The SMILES string of the molecule is COC(=O)c1c(CCc2ccc3ccccc3c2)cccc1OC. The zero-order chi connectivity index (χ0) is 16.9. The lowest BCUT2D eigenvalue weighted by Crippen LogP contribution is -2.09. The number of hydrogen-bond donors (Lipinski definition) is 0. The van der Waals surface area contributed by atoms with Crippen molar-refractivity contribution in [2.45, 2.75) is 12.8 Å². The number of ether oxygens (including phenoxy) is 2. The second-order valence-electron chi connectivity index (χ2n) is 5.67.